The van der Waals surface area contributed by atoms with E-state index in [1.165, 1.54) is 19.4 Å². The van der Waals surface area contributed by atoms with Crippen molar-refractivity contribution in [2.75, 3.05) is 12.8 Å². The van der Waals surface area contributed by atoms with E-state index >= 15 is 0 Å². The maximum absolute atomic E-state index is 11.4. The van der Waals surface area contributed by atoms with Crippen LogP contribution in [0.5, 0.6) is 5.75 Å². The Morgan fingerprint density at radius 2 is 2.25 bits per heavy atom. The van der Waals surface area contributed by atoms with Gasteiger partial charge in [-0.1, -0.05) is 12.1 Å². The normalized spacial score (nSPS) is 10.3. The smallest absolute Gasteiger partial charge is 0.341 e. The molecular formula is C11H10N2O3. The average Bonchev–Trinajstić information content (AvgIpc) is 2.30. The van der Waals surface area contributed by atoms with Gasteiger partial charge in [0.2, 0.25) is 0 Å². The van der Waals surface area contributed by atoms with Gasteiger partial charge in [-0.15, -0.1) is 0 Å². The first kappa shape index (κ1) is 10.2. The lowest BCUT2D eigenvalue weighted by atomic mass is 10.1. The fourth-order valence-electron chi connectivity index (χ4n) is 1.50. The third-order valence-electron chi connectivity index (χ3n) is 2.32. The van der Waals surface area contributed by atoms with Crippen LogP contribution in [0.15, 0.2) is 24.4 Å². The van der Waals surface area contributed by atoms with Gasteiger partial charge < -0.3 is 15.6 Å². The van der Waals surface area contributed by atoms with Crippen LogP contribution in [-0.4, -0.2) is 23.2 Å². The molecule has 0 amide bonds. The Bertz CT molecular complexity index is 566. The predicted molar refractivity (Wildman–Crippen MR) is 59.2 cm³/mol. The second kappa shape index (κ2) is 3.69. The summed E-state index contributed by atoms with van der Waals surface area (Å²) in [7, 11) is 1.27. The molecule has 0 unspecified atom stereocenters. The standard InChI is InChI=1S/C11H10N2O3/c1-16-11(15)7-5-13-10-6(9(7)12)3-2-4-8(10)14/h2-5,14H,1H3,(H2,12,13). The Kier molecular flexibility index (Phi) is 2.36. The number of phenolic OH excluding ortho intramolecular Hbond substituents is 1. The summed E-state index contributed by atoms with van der Waals surface area (Å²) in [6.45, 7) is 0. The molecule has 3 N–H and O–H groups in total. The van der Waals surface area contributed by atoms with Crippen molar-refractivity contribution < 1.29 is 14.6 Å². The van der Waals surface area contributed by atoms with Gasteiger partial charge >= 0.3 is 5.97 Å². The number of nitrogens with two attached hydrogens (primary N) is 1. The van der Waals surface area contributed by atoms with Crippen LogP contribution >= 0.6 is 0 Å². The lowest BCUT2D eigenvalue weighted by Gasteiger charge is -2.07. The molecule has 0 spiro atoms. The van der Waals surface area contributed by atoms with E-state index in [2.05, 4.69) is 9.72 Å². The predicted octanol–water partition coefficient (Wildman–Crippen LogP) is 1.31. The van der Waals surface area contributed by atoms with Crippen LogP contribution in [0, 0.1) is 0 Å². The van der Waals surface area contributed by atoms with Crippen molar-refractivity contribution in [1.29, 1.82) is 0 Å². The number of aromatic nitrogens is 1. The van der Waals surface area contributed by atoms with Gasteiger partial charge in [0.05, 0.1) is 12.8 Å². The zero-order chi connectivity index (χ0) is 11.7. The minimum absolute atomic E-state index is 0.0283. The minimum atomic E-state index is -0.546. The number of nitrogens with zero attached hydrogens (tertiary/aromatic N) is 1. The third kappa shape index (κ3) is 1.42. The summed E-state index contributed by atoms with van der Waals surface area (Å²) < 4.78 is 4.57. The fraction of sp³-hybridized carbons (Fsp3) is 0.0909. The summed E-state index contributed by atoms with van der Waals surface area (Å²) in [4.78, 5) is 15.3. The number of pyridine rings is 1. The van der Waals surface area contributed by atoms with Crippen molar-refractivity contribution in [2.24, 2.45) is 0 Å². The maximum atomic E-state index is 11.4. The minimum Gasteiger partial charge on any atom is -0.506 e. The molecule has 0 aliphatic carbocycles. The summed E-state index contributed by atoms with van der Waals surface area (Å²) in [5, 5.41) is 10.1. The molecule has 16 heavy (non-hydrogen) atoms. The lowest BCUT2D eigenvalue weighted by molar-refractivity contribution is 0.0601. The van der Waals surface area contributed by atoms with Gasteiger partial charge in [-0.05, 0) is 6.07 Å². The first-order chi connectivity index (χ1) is 7.65. The largest absolute Gasteiger partial charge is 0.506 e. The third-order valence-corrected chi connectivity index (χ3v) is 2.32. The van der Waals surface area contributed by atoms with Crippen LogP contribution in [0.25, 0.3) is 10.9 Å². The number of aromatic hydroxyl groups is 1. The van der Waals surface area contributed by atoms with Crippen molar-refractivity contribution in [1.82, 2.24) is 4.98 Å². The molecule has 0 fully saturated rings. The Morgan fingerprint density at radius 3 is 2.94 bits per heavy atom. The highest BCUT2D eigenvalue weighted by molar-refractivity contribution is 6.05. The number of benzene rings is 1. The summed E-state index contributed by atoms with van der Waals surface area (Å²) in [5.41, 5.74) is 6.63. The number of nitrogen functional groups attached to an aromatic ring is 1. The highest BCUT2D eigenvalue weighted by Gasteiger charge is 2.14. The van der Waals surface area contributed by atoms with E-state index in [0.29, 0.717) is 10.9 Å². The van der Waals surface area contributed by atoms with Gasteiger partial charge in [-0.25, -0.2) is 4.79 Å². The van der Waals surface area contributed by atoms with Gasteiger partial charge in [-0.3, -0.25) is 4.98 Å². The number of carbonyl (C=O) groups is 1. The first-order valence-corrected chi connectivity index (χ1v) is 4.59. The number of carbonyl (C=O) groups excluding carboxylic acids is 1. The molecule has 0 saturated heterocycles. The molecule has 0 atom stereocenters. The maximum Gasteiger partial charge on any atom is 0.341 e. The van der Waals surface area contributed by atoms with E-state index in [4.69, 9.17) is 5.73 Å². The van der Waals surface area contributed by atoms with Crippen LogP contribution in [-0.2, 0) is 4.74 Å². The Labute approximate surface area is 91.5 Å². The number of rotatable bonds is 1. The monoisotopic (exact) mass is 218 g/mol. The number of phenols is 1. The molecule has 1 aromatic heterocycles. The summed E-state index contributed by atoms with van der Waals surface area (Å²) in [6.07, 6.45) is 1.29. The second-order valence-electron chi connectivity index (χ2n) is 3.25. The molecule has 5 heteroatoms. The van der Waals surface area contributed by atoms with E-state index in [9.17, 15) is 9.90 Å². The molecular weight excluding hydrogens is 208 g/mol. The zero-order valence-electron chi connectivity index (χ0n) is 8.60. The van der Waals surface area contributed by atoms with Crippen molar-refractivity contribution >= 4 is 22.6 Å². The van der Waals surface area contributed by atoms with E-state index in [0.717, 1.165) is 0 Å². The van der Waals surface area contributed by atoms with Crippen molar-refractivity contribution in [2.45, 2.75) is 0 Å². The summed E-state index contributed by atoms with van der Waals surface area (Å²) >= 11 is 0. The molecule has 5 nitrogen and oxygen atoms in total. The van der Waals surface area contributed by atoms with Crippen molar-refractivity contribution in [3.8, 4) is 5.75 Å². The number of para-hydroxylation sites is 1. The highest BCUT2D eigenvalue weighted by Crippen LogP contribution is 2.28. The van der Waals surface area contributed by atoms with E-state index in [1.807, 2.05) is 0 Å². The molecule has 82 valence electrons. The van der Waals surface area contributed by atoms with Crippen LogP contribution < -0.4 is 5.73 Å². The van der Waals surface area contributed by atoms with E-state index in [1.54, 1.807) is 12.1 Å². The summed E-state index contributed by atoms with van der Waals surface area (Å²) in [6, 6.07) is 4.83. The number of hydrogen-bond acceptors (Lipinski definition) is 5. The molecule has 0 aliphatic heterocycles. The van der Waals surface area contributed by atoms with Crippen LogP contribution in [0.1, 0.15) is 10.4 Å². The molecule has 0 aliphatic rings. The Morgan fingerprint density at radius 1 is 1.50 bits per heavy atom. The van der Waals surface area contributed by atoms with Crippen LogP contribution in [0.3, 0.4) is 0 Å². The second-order valence-corrected chi connectivity index (χ2v) is 3.25. The molecule has 0 bridgehead atoms. The molecule has 2 rings (SSSR count). The number of methoxy groups -OCH3 is 1. The topological polar surface area (TPSA) is 85.4 Å². The fourth-order valence-corrected chi connectivity index (χ4v) is 1.50. The lowest BCUT2D eigenvalue weighted by Crippen LogP contribution is -2.06. The summed E-state index contributed by atoms with van der Waals surface area (Å²) in [5.74, 6) is -0.518. The zero-order valence-corrected chi connectivity index (χ0v) is 8.60. The average molecular weight is 218 g/mol. The number of esters is 1. The molecule has 0 radical (unpaired) electrons. The molecule has 0 saturated carbocycles. The van der Waals surface area contributed by atoms with Crippen molar-refractivity contribution in [3.63, 3.8) is 0 Å². The van der Waals surface area contributed by atoms with Gasteiger partial charge in [0.1, 0.15) is 16.8 Å². The van der Waals surface area contributed by atoms with E-state index < -0.39 is 5.97 Å². The van der Waals surface area contributed by atoms with Gasteiger partial charge in [0.15, 0.2) is 0 Å². The first-order valence-electron chi connectivity index (χ1n) is 4.59. The number of fused-ring (bicyclic) bond motifs is 1. The molecule has 1 aromatic carbocycles. The number of anilines is 1. The highest BCUT2D eigenvalue weighted by atomic mass is 16.5. The number of ether oxygens (including phenoxy) is 1. The van der Waals surface area contributed by atoms with Gasteiger partial charge in [-0.2, -0.15) is 0 Å². The van der Waals surface area contributed by atoms with Crippen LogP contribution in [0.4, 0.5) is 5.69 Å². The van der Waals surface area contributed by atoms with Crippen molar-refractivity contribution in [3.05, 3.63) is 30.0 Å². The quantitative estimate of drug-likeness (QED) is 0.705. The Hall–Kier alpha value is -2.30. The number of hydrogen-bond donors (Lipinski definition) is 2. The Balaban J connectivity index is 2.75. The van der Waals surface area contributed by atoms with Gasteiger partial charge in [0.25, 0.3) is 0 Å². The SMILES string of the molecule is COC(=O)c1cnc2c(O)cccc2c1N. The molecule has 2 aromatic rings. The van der Waals surface area contributed by atoms with Crippen LogP contribution in [0.2, 0.25) is 0 Å². The van der Waals surface area contributed by atoms with Gasteiger partial charge in [0, 0.05) is 11.6 Å². The molecule has 1 heterocycles. The van der Waals surface area contributed by atoms with E-state index in [-0.39, 0.29) is 17.0 Å².